The minimum Gasteiger partial charge on any atom is -0.436 e. The van der Waals surface area contributed by atoms with Gasteiger partial charge in [-0.05, 0) is 38.1 Å². The first kappa shape index (κ1) is 15.7. The van der Waals surface area contributed by atoms with Crippen molar-refractivity contribution < 1.29 is 14.3 Å². The van der Waals surface area contributed by atoms with Crippen molar-refractivity contribution in [1.82, 2.24) is 9.80 Å². The van der Waals surface area contributed by atoms with Crippen LogP contribution in [0.4, 0.5) is 0 Å². The monoisotopic (exact) mass is 345 g/mol. The molecule has 2 saturated heterocycles. The van der Waals surface area contributed by atoms with Crippen LogP contribution in [0.5, 0.6) is 0 Å². The molecule has 7 heteroatoms. The Bertz CT molecular complexity index is 673. The lowest BCUT2D eigenvalue weighted by Gasteiger charge is -2.39. The highest BCUT2D eigenvalue weighted by molar-refractivity contribution is 8.14. The van der Waals surface area contributed by atoms with Gasteiger partial charge in [0.2, 0.25) is 6.23 Å². The molecule has 4 rings (SSSR count). The Labute approximate surface area is 144 Å². The number of carbonyl (C=O) groups is 2. The van der Waals surface area contributed by atoms with E-state index in [4.69, 9.17) is 4.74 Å². The van der Waals surface area contributed by atoms with E-state index in [1.165, 1.54) is 0 Å². The van der Waals surface area contributed by atoms with E-state index in [1.807, 2.05) is 11.0 Å². The smallest absolute Gasteiger partial charge is 0.340 e. The molecule has 0 radical (unpaired) electrons. The standard InChI is InChI=1S/C17H19N3O3S/c21-14-13(19-8-4-5-9-19)15(20-10-11-24-17(20)18-14)23-16(22)12-6-2-1-3-7-12/h1-3,6-7,13,15H,4-5,8-11H2. The number of thioether (sulfide) groups is 1. The van der Waals surface area contributed by atoms with Crippen molar-refractivity contribution in [3.8, 4) is 0 Å². The van der Waals surface area contributed by atoms with E-state index in [0.717, 1.165) is 38.2 Å². The maximum absolute atomic E-state index is 12.6. The zero-order valence-corrected chi connectivity index (χ0v) is 14.1. The van der Waals surface area contributed by atoms with E-state index >= 15 is 0 Å². The first-order valence-corrected chi connectivity index (χ1v) is 9.25. The molecule has 3 aliphatic rings. The summed E-state index contributed by atoms with van der Waals surface area (Å²) >= 11 is 1.55. The van der Waals surface area contributed by atoms with Gasteiger partial charge in [-0.1, -0.05) is 30.0 Å². The average molecular weight is 345 g/mol. The predicted molar refractivity (Wildman–Crippen MR) is 91.8 cm³/mol. The van der Waals surface area contributed by atoms with Crippen LogP contribution in [0.15, 0.2) is 35.3 Å². The largest absolute Gasteiger partial charge is 0.436 e. The first-order chi connectivity index (χ1) is 11.7. The molecule has 3 heterocycles. The molecule has 2 fully saturated rings. The summed E-state index contributed by atoms with van der Waals surface area (Å²) in [5, 5.41) is 0.682. The van der Waals surface area contributed by atoms with Crippen LogP contribution in [0, 0.1) is 0 Å². The number of amides is 1. The van der Waals surface area contributed by atoms with Gasteiger partial charge in [0.05, 0.1) is 5.56 Å². The summed E-state index contributed by atoms with van der Waals surface area (Å²) < 4.78 is 5.82. The van der Waals surface area contributed by atoms with Crippen molar-refractivity contribution in [3.63, 3.8) is 0 Å². The molecule has 0 bridgehead atoms. The molecule has 0 spiro atoms. The molecule has 3 aliphatic heterocycles. The molecule has 126 valence electrons. The maximum atomic E-state index is 12.6. The van der Waals surface area contributed by atoms with Crippen LogP contribution in [-0.4, -0.2) is 64.5 Å². The Balaban J connectivity index is 1.62. The number of ether oxygens (including phenoxy) is 1. The van der Waals surface area contributed by atoms with E-state index < -0.39 is 18.2 Å². The molecule has 1 aromatic rings. The van der Waals surface area contributed by atoms with Gasteiger partial charge in [0.1, 0.15) is 6.04 Å². The Morgan fingerprint density at radius 2 is 1.92 bits per heavy atom. The molecule has 1 amide bonds. The summed E-state index contributed by atoms with van der Waals surface area (Å²) in [5.41, 5.74) is 0.501. The molecule has 0 aromatic heterocycles. The van der Waals surface area contributed by atoms with E-state index in [-0.39, 0.29) is 5.91 Å². The second-order valence-corrected chi connectivity index (χ2v) is 7.19. The van der Waals surface area contributed by atoms with Crippen molar-refractivity contribution >= 4 is 28.8 Å². The number of fused-ring (bicyclic) bond motifs is 1. The van der Waals surface area contributed by atoms with Gasteiger partial charge in [-0.3, -0.25) is 9.69 Å². The van der Waals surface area contributed by atoms with Crippen molar-refractivity contribution in [2.24, 2.45) is 4.99 Å². The Morgan fingerprint density at radius 3 is 2.67 bits per heavy atom. The molecule has 0 saturated carbocycles. The molecule has 6 nitrogen and oxygen atoms in total. The average Bonchev–Trinajstić information content (AvgIpc) is 3.27. The van der Waals surface area contributed by atoms with Crippen LogP contribution in [0.2, 0.25) is 0 Å². The van der Waals surface area contributed by atoms with Gasteiger partial charge in [0.15, 0.2) is 5.17 Å². The van der Waals surface area contributed by atoms with Crippen LogP contribution >= 0.6 is 11.8 Å². The number of amidine groups is 1. The molecule has 0 aliphatic carbocycles. The van der Waals surface area contributed by atoms with Gasteiger partial charge in [-0.25, -0.2) is 4.79 Å². The van der Waals surface area contributed by atoms with Gasteiger partial charge in [-0.2, -0.15) is 4.99 Å². The van der Waals surface area contributed by atoms with Crippen LogP contribution in [0.25, 0.3) is 0 Å². The normalized spacial score (nSPS) is 27.1. The fourth-order valence-electron chi connectivity index (χ4n) is 3.44. The number of rotatable bonds is 3. The maximum Gasteiger partial charge on any atom is 0.340 e. The topological polar surface area (TPSA) is 62.2 Å². The van der Waals surface area contributed by atoms with Gasteiger partial charge < -0.3 is 9.64 Å². The number of esters is 1. The number of benzene rings is 1. The van der Waals surface area contributed by atoms with Crippen LogP contribution in [0.3, 0.4) is 0 Å². The number of hydrogen-bond donors (Lipinski definition) is 0. The fourth-order valence-corrected chi connectivity index (χ4v) is 4.42. The third-order valence-electron chi connectivity index (χ3n) is 4.62. The van der Waals surface area contributed by atoms with Crippen molar-refractivity contribution in [1.29, 1.82) is 0 Å². The number of hydrogen-bond acceptors (Lipinski definition) is 6. The first-order valence-electron chi connectivity index (χ1n) is 8.26. The van der Waals surface area contributed by atoms with E-state index in [0.29, 0.717) is 10.7 Å². The number of aliphatic imine (C=N–C) groups is 1. The fraction of sp³-hybridized carbons (Fsp3) is 0.471. The minimum atomic E-state index is -0.592. The van der Waals surface area contributed by atoms with Gasteiger partial charge >= 0.3 is 5.97 Å². The third-order valence-corrected chi connectivity index (χ3v) is 5.59. The van der Waals surface area contributed by atoms with E-state index in [1.54, 1.807) is 36.0 Å². The predicted octanol–water partition coefficient (Wildman–Crippen LogP) is 1.58. The molecular formula is C17H19N3O3S. The van der Waals surface area contributed by atoms with Crippen LogP contribution in [-0.2, 0) is 9.53 Å². The van der Waals surface area contributed by atoms with Crippen molar-refractivity contribution in [2.45, 2.75) is 25.1 Å². The third kappa shape index (κ3) is 2.82. The van der Waals surface area contributed by atoms with E-state index in [2.05, 4.69) is 9.89 Å². The van der Waals surface area contributed by atoms with Gasteiger partial charge in [0, 0.05) is 12.3 Å². The lowest BCUT2D eigenvalue weighted by Crippen LogP contribution is -2.59. The molecular weight excluding hydrogens is 326 g/mol. The van der Waals surface area contributed by atoms with Crippen molar-refractivity contribution in [3.05, 3.63) is 35.9 Å². The Morgan fingerprint density at radius 1 is 1.17 bits per heavy atom. The Hall–Kier alpha value is -1.86. The highest BCUT2D eigenvalue weighted by atomic mass is 32.2. The molecule has 1 aromatic carbocycles. The molecule has 24 heavy (non-hydrogen) atoms. The minimum absolute atomic E-state index is 0.191. The van der Waals surface area contributed by atoms with Gasteiger partial charge in [-0.15, -0.1) is 0 Å². The van der Waals surface area contributed by atoms with Crippen molar-refractivity contribution in [2.75, 3.05) is 25.4 Å². The van der Waals surface area contributed by atoms with Gasteiger partial charge in [0.25, 0.3) is 5.91 Å². The number of nitrogens with zero attached hydrogens (tertiary/aromatic N) is 3. The lowest BCUT2D eigenvalue weighted by molar-refractivity contribution is -0.133. The quantitative estimate of drug-likeness (QED) is 0.775. The Kier molecular flexibility index (Phi) is 4.28. The lowest BCUT2D eigenvalue weighted by atomic mass is 10.1. The summed E-state index contributed by atoms with van der Waals surface area (Å²) in [6, 6.07) is 8.42. The summed E-state index contributed by atoms with van der Waals surface area (Å²) in [6.45, 7) is 2.44. The van der Waals surface area contributed by atoms with Crippen LogP contribution < -0.4 is 0 Å². The summed E-state index contributed by atoms with van der Waals surface area (Å²) in [6.07, 6.45) is 1.54. The summed E-state index contributed by atoms with van der Waals surface area (Å²) in [7, 11) is 0. The zero-order chi connectivity index (χ0) is 16.5. The van der Waals surface area contributed by atoms with Crippen LogP contribution in [0.1, 0.15) is 23.2 Å². The number of carbonyl (C=O) groups excluding carboxylic acids is 2. The number of likely N-dealkylation sites (tertiary alicyclic amines) is 1. The SMILES string of the molecule is O=C(OC1C(N2CCCC2)C(=O)N=C2SCCN21)c1ccccc1. The molecule has 0 N–H and O–H groups in total. The molecule has 2 unspecified atom stereocenters. The highest BCUT2D eigenvalue weighted by Gasteiger charge is 2.47. The summed E-state index contributed by atoms with van der Waals surface area (Å²) in [5.74, 6) is 0.275. The zero-order valence-electron chi connectivity index (χ0n) is 13.3. The second-order valence-electron chi connectivity index (χ2n) is 6.12. The second kappa shape index (κ2) is 6.57. The summed E-state index contributed by atoms with van der Waals surface area (Å²) in [4.78, 5) is 33.4. The van der Waals surface area contributed by atoms with E-state index in [9.17, 15) is 9.59 Å². The molecule has 2 atom stereocenters. The highest BCUT2D eigenvalue weighted by Crippen LogP contribution is 2.31.